The summed E-state index contributed by atoms with van der Waals surface area (Å²) in [6, 6.07) is 8.55. The number of nitrogens with one attached hydrogen (secondary N) is 1. The molecule has 0 atom stereocenters. The number of halogens is 2. The molecule has 34 heavy (non-hydrogen) atoms. The lowest BCUT2D eigenvalue weighted by atomic mass is 10.0. The number of ether oxygens (including phenoxy) is 2. The van der Waals surface area contributed by atoms with Crippen molar-refractivity contribution in [1.82, 2.24) is 10.2 Å². The quantitative estimate of drug-likeness (QED) is 0.403. The van der Waals surface area contributed by atoms with Crippen LogP contribution in [-0.2, 0) is 16.2 Å². The van der Waals surface area contributed by atoms with Gasteiger partial charge in [-0.2, -0.15) is 0 Å². The van der Waals surface area contributed by atoms with Crippen molar-refractivity contribution in [2.45, 2.75) is 45.3 Å². The van der Waals surface area contributed by atoms with Gasteiger partial charge in [0.1, 0.15) is 18.0 Å². The van der Waals surface area contributed by atoms with Gasteiger partial charge in [0.15, 0.2) is 11.5 Å². The Hall–Kier alpha value is -3.20. The molecule has 0 aromatic heterocycles. The predicted octanol–water partition coefficient (Wildman–Crippen LogP) is 4.97. The Bertz CT molecular complexity index is 1160. The van der Waals surface area contributed by atoms with Crippen LogP contribution in [0.4, 0.5) is 9.18 Å². The highest BCUT2D eigenvalue weighted by atomic mass is 79.9. The van der Waals surface area contributed by atoms with Crippen molar-refractivity contribution in [2.24, 2.45) is 0 Å². The van der Waals surface area contributed by atoms with Crippen LogP contribution in [0.25, 0.3) is 6.08 Å². The van der Waals surface area contributed by atoms with Crippen molar-refractivity contribution in [3.05, 3.63) is 63.4 Å². The number of urea groups is 1. The van der Waals surface area contributed by atoms with Crippen molar-refractivity contribution < 1.29 is 28.2 Å². The Morgan fingerprint density at radius 1 is 1.12 bits per heavy atom. The van der Waals surface area contributed by atoms with E-state index in [4.69, 9.17) is 9.47 Å². The molecule has 2 aromatic carbocycles. The van der Waals surface area contributed by atoms with Crippen LogP contribution in [0.1, 0.15) is 43.7 Å². The molecular weight excluding hydrogens is 507 g/mol. The number of carbonyl (C=O) groups excluding carboxylic acids is 3. The lowest BCUT2D eigenvalue weighted by Gasteiger charge is -2.31. The molecule has 0 unspecified atom stereocenters. The number of barbiturate groups is 1. The van der Waals surface area contributed by atoms with E-state index in [9.17, 15) is 18.8 Å². The van der Waals surface area contributed by atoms with Gasteiger partial charge in [0, 0.05) is 10.5 Å². The van der Waals surface area contributed by atoms with Crippen LogP contribution in [0, 0.1) is 5.82 Å². The van der Waals surface area contributed by atoms with E-state index in [1.807, 2.05) is 6.92 Å². The first kappa shape index (κ1) is 23.9. The van der Waals surface area contributed by atoms with Crippen molar-refractivity contribution in [1.29, 1.82) is 0 Å². The second kappa shape index (κ2) is 10.4. The number of amides is 4. The number of rotatable bonds is 7. The first-order valence-corrected chi connectivity index (χ1v) is 11.9. The third kappa shape index (κ3) is 5.14. The van der Waals surface area contributed by atoms with Gasteiger partial charge >= 0.3 is 6.03 Å². The summed E-state index contributed by atoms with van der Waals surface area (Å²) in [5.74, 6) is -0.865. The third-order valence-corrected chi connectivity index (χ3v) is 6.46. The van der Waals surface area contributed by atoms with Crippen molar-refractivity contribution >= 4 is 39.9 Å². The summed E-state index contributed by atoms with van der Waals surface area (Å²) in [7, 11) is 0. The average molecular weight is 531 g/mol. The summed E-state index contributed by atoms with van der Waals surface area (Å²) in [6.07, 6.45) is 4.78. The maximum atomic E-state index is 13.5. The van der Waals surface area contributed by atoms with Crippen molar-refractivity contribution in [2.75, 3.05) is 6.61 Å². The lowest BCUT2D eigenvalue weighted by molar-refractivity contribution is -0.131. The molecule has 2 aromatic rings. The normalized spacial score (nSPS) is 17.9. The highest BCUT2D eigenvalue weighted by molar-refractivity contribution is 9.10. The highest BCUT2D eigenvalue weighted by Gasteiger charge is 2.40. The fourth-order valence-corrected chi connectivity index (χ4v) is 4.59. The number of hydrogen-bond donors (Lipinski definition) is 1. The van der Waals surface area contributed by atoms with E-state index in [1.54, 1.807) is 24.3 Å². The van der Waals surface area contributed by atoms with E-state index in [0.29, 0.717) is 33.7 Å². The summed E-state index contributed by atoms with van der Waals surface area (Å²) < 4.78 is 25.6. The summed E-state index contributed by atoms with van der Waals surface area (Å²) in [5, 5.41) is 2.28. The number of benzene rings is 2. The molecule has 0 radical (unpaired) electrons. The Morgan fingerprint density at radius 2 is 1.85 bits per heavy atom. The second-order valence-corrected chi connectivity index (χ2v) is 8.96. The molecular formula is C25H24BrFN2O5. The van der Waals surface area contributed by atoms with E-state index < -0.39 is 17.8 Å². The van der Waals surface area contributed by atoms with Gasteiger partial charge in [-0.15, -0.1) is 0 Å². The summed E-state index contributed by atoms with van der Waals surface area (Å²) in [6.45, 7) is 2.31. The van der Waals surface area contributed by atoms with Gasteiger partial charge in [0.25, 0.3) is 11.8 Å². The van der Waals surface area contributed by atoms with Crippen molar-refractivity contribution in [3.63, 3.8) is 0 Å². The number of nitrogens with zero attached hydrogens (tertiary/aromatic N) is 1. The Labute approximate surface area is 205 Å². The zero-order valence-corrected chi connectivity index (χ0v) is 20.2. The highest BCUT2D eigenvalue weighted by Crippen LogP contribution is 2.36. The topological polar surface area (TPSA) is 84.9 Å². The Kier molecular flexibility index (Phi) is 7.31. The number of carbonyl (C=O) groups is 3. The van der Waals surface area contributed by atoms with Gasteiger partial charge in [-0.1, -0.05) is 40.9 Å². The second-order valence-electron chi connectivity index (χ2n) is 8.10. The van der Waals surface area contributed by atoms with Crippen LogP contribution >= 0.6 is 15.9 Å². The fourth-order valence-electron chi connectivity index (χ4n) is 4.15. The molecule has 1 aliphatic carbocycles. The van der Waals surface area contributed by atoms with Crippen LogP contribution < -0.4 is 14.8 Å². The first-order chi connectivity index (χ1) is 16.4. The molecule has 0 spiro atoms. The van der Waals surface area contributed by atoms with Crippen LogP contribution in [0.2, 0.25) is 0 Å². The molecule has 7 nitrogen and oxygen atoms in total. The van der Waals surface area contributed by atoms with Crippen LogP contribution in [0.15, 0.2) is 46.4 Å². The smallest absolute Gasteiger partial charge is 0.331 e. The summed E-state index contributed by atoms with van der Waals surface area (Å²) >= 11 is 3.47. The van der Waals surface area contributed by atoms with Crippen LogP contribution in [-0.4, -0.2) is 35.4 Å². The van der Waals surface area contributed by atoms with Gasteiger partial charge in [-0.3, -0.25) is 19.8 Å². The lowest BCUT2D eigenvalue weighted by Crippen LogP contribution is -2.57. The third-order valence-electron chi connectivity index (χ3n) is 5.77. The van der Waals surface area contributed by atoms with E-state index in [1.165, 1.54) is 18.2 Å². The van der Waals surface area contributed by atoms with Gasteiger partial charge < -0.3 is 9.47 Å². The van der Waals surface area contributed by atoms with Gasteiger partial charge in [0.2, 0.25) is 0 Å². The molecule has 2 fully saturated rings. The van der Waals surface area contributed by atoms with Gasteiger partial charge in [-0.05, 0) is 61.2 Å². The molecule has 178 valence electrons. The Balaban J connectivity index is 1.62. The zero-order valence-electron chi connectivity index (χ0n) is 18.6. The molecule has 4 rings (SSSR count). The predicted molar refractivity (Wildman–Crippen MR) is 127 cm³/mol. The molecule has 1 N–H and O–H groups in total. The monoisotopic (exact) mass is 530 g/mol. The number of imide groups is 2. The molecule has 1 aliphatic heterocycles. The van der Waals surface area contributed by atoms with Crippen molar-refractivity contribution in [3.8, 4) is 11.5 Å². The molecule has 9 heteroatoms. The minimum Gasteiger partial charge on any atom is -0.490 e. The molecule has 2 aliphatic rings. The standard InChI is InChI=1S/C25H24BrFN2O5/c1-2-33-21-12-16(20(26)13-22(21)34-14-15-6-5-7-17(27)10-15)11-19-23(30)28-25(32)29(24(19)31)18-8-3-4-9-18/h5-7,10-13,18H,2-4,8-9,14H2,1H3,(H,28,30,32)/b19-11+. The molecule has 4 amide bonds. The van der Waals surface area contributed by atoms with E-state index in [0.717, 1.165) is 30.6 Å². The van der Waals surface area contributed by atoms with Crippen LogP contribution in [0.3, 0.4) is 0 Å². The minimum atomic E-state index is -0.736. The molecule has 1 saturated heterocycles. The van der Waals surface area contributed by atoms with Gasteiger partial charge in [-0.25, -0.2) is 9.18 Å². The van der Waals surface area contributed by atoms with E-state index >= 15 is 0 Å². The minimum absolute atomic E-state index is 0.122. The SMILES string of the molecule is CCOc1cc(/C=C2\C(=O)NC(=O)N(C3CCCC3)C2=O)c(Br)cc1OCc1cccc(F)c1. The fraction of sp³-hybridized carbons (Fsp3) is 0.320. The summed E-state index contributed by atoms with van der Waals surface area (Å²) in [5.41, 5.74) is 1.05. The molecule has 0 bridgehead atoms. The molecule has 1 heterocycles. The van der Waals surface area contributed by atoms with E-state index in [-0.39, 0.29) is 24.0 Å². The maximum absolute atomic E-state index is 13.5. The first-order valence-electron chi connectivity index (χ1n) is 11.1. The maximum Gasteiger partial charge on any atom is 0.331 e. The summed E-state index contributed by atoms with van der Waals surface area (Å²) in [4.78, 5) is 39.1. The number of hydrogen-bond acceptors (Lipinski definition) is 5. The van der Waals surface area contributed by atoms with E-state index in [2.05, 4.69) is 21.2 Å². The Morgan fingerprint density at radius 3 is 2.56 bits per heavy atom. The molecule has 1 saturated carbocycles. The van der Waals surface area contributed by atoms with Gasteiger partial charge in [0.05, 0.1) is 6.61 Å². The zero-order chi connectivity index (χ0) is 24.2. The largest absolute Gasteiger partial charge is 0.490 e. The van der Waals surface area contributed by atoms with Crippen LogP contribution in [0.5, 0.6) is 11.5 Å². The average Bonchev–Trinajstić information content (AvgIpc) is 3.31.